The highest BCUT2D eigenvalue weighted by Crippen LogP contribution is 2.25. The third-order valence-electron chi connectivity index (χ3n) is 3.54. The van der Waals surface area contributed by atoms with E-state index in [1.165, 1.54) is 54.7 Å². The molecular weight excluding hydrogens is 420 g/mol. The molecule has 0 fully saturated rings. The zero-order valence-corrected chi connectivity index (χ0v) is 16.3. The molecule has 0 aliphatic heterocycles. The monoisotopic (exact) mass is 434 g/mol. The predicted molar refractivity (Wildman–Crippen MR) is 108 cm³/mol. The van der Waals surface area contributed by atoms with Crippen molar-refractivity contribution in [3.8, 4) is 5.75 Å². The molecule has 0 aliphatic carbocycles. The minimum absolute atomic E-state index is 0. The fraction of sp³-hybridized carbons (Fsp3) is 0. The predicted octanol–water partition coefficient (Wildman–Crippen LogP) is 4.12. The molecule has 0 saturated heterocycles. The number of azo groups is 1. The third-order valence-corrected chi connectivity index (χ3v) is 4.91. The summed E-state index contributed by atoms with van der Waals surface area (Å²) >= 11 is 0. The number of rotatable bonds is 6. The van der Waals surface area contributed by atoms with Gasteiger partial charge in [-0.1, -0.05) is 6.07 Å². The number of pyridine rings is 1. The highest BCUT2D eigenvalue weighted by Gasteiger charge is 2.14. The molecule has 0 unspecified atom stereocenters. The fourth-order valence-electron chi connectivity index (χ4n) is 2.18. The number of nitrogens with one attached hydrogen (secondary N) is 1. The van der Waals surface area contributed by atoms with Crippen molar-refractivity contribution in [1.29, 1.82) is 0 Å². The van der Waals surface area contributed by atoms with Crippen molar-refractivity contribution in [1.82, 2.24) is 4.98 Å². The molecule has 1 aromatic heterocycles. The highest BCUT2D eigenvalue weighted by molar-refractivity contribution is 7.92. The van der Waals surface area contributed by atoms with Gasteiger partial charge in [-0.3, -0.25) is 4.72 Å². The van der Waals surface area contributed by atoms with Crippen LogP contribution in [0.1, 0.15) is 10.4 Å². The lowest BCUT2D eigenvalue weighted by molar-refractivity contribution is 0.0693. The second-order valence-corrected chi connectivity index (χ2v) is 7.20. The van der Waals surface area contributed by atoms with Crippen LogP contribution in [0.3, 0.4) is 0 Å². The van der Waals surface area contributed by atoms with Crippen molar-refractivity contribution in [3.63, 3.8) is 0 Å². The number of benzene rings is 2. The molecular formula is C18H15ClN4O5S. The number of carboxylic acids is 1. The molecule has 29 heavy (non-hydrogen) atoms. The molecule has 0 atom stereocenters. The zero-order valence-electron chi connectivity index (χ0n) is 14.6. The Balaban J connectivity index is 0.00000300. The average Bonchev–Trinajstić information content (AvgIpc) is 2.68. The van der Waals surface area contributed by atoms with Gasteiger partial charge in [0.05, 0.1) is 16.3 Å². The molecule has 3 aromatic rings. The molecule has 0 saturated carbocycles. The highest BCUT2D eigenvalue weighted by atomic mass is 35.5. The first-order chi connectivity index (χ1) is 13.3. The first-order valence-electron chi connectivity index (χ1n) is 7.87. The number of anilines is 1. The number of nitrogens with zero attached hydrogens (tertiary/aromatic N) is 3. The number of hydrogen-bond donors (Lipinski definition) is 3. The van der Waals surface area contributed by atoms with E-state index in [0.29, 0.717) is 5.69 Å². The van der Waals surface area contributed by atoms with E-state index in [2.05, 4.69) is 19.9 Å². The van der Waals surface area contributed by atoms with Crippen LogP contribution in [-0.4, -0.2) is 29.6 Å². The second kappa shape index (κ2) is 9.13. The van der Waals surface area contributed by atoms with Crippen molar-refractivity contribution in [2.24, 2.45) is 10.2 Å². The molecule has 0 radical (unpaired) electrons. The maximum atomic E-state index is 12.3. The quantitative estimate of drug-likeness (QED) is 0.498. The molecule has 9 nitrogen and oxygen atoms in total. The summed E-state index contributed by atoms with van der Waals surface area (Å²) in [6.45, 7) is 0. The first-order valence-corrected chi connectivity index (χ1v) is 9.35. The normalized spacial score (nSPS) is 11.0. The van der Waals surface area contributed by atoms with Crippen LogP contribution >= 0.6 is 12.4 Å². The number of phenols is 1. The largest absolute Gasteiger partial charge is 0.507 e. The second-order valence-electron chi connectivity index (χ2n) is 5.52. The molecule has 3 rings (SSSR count). The maximum absolute atomic E-state index is 12.3. The Morgan fingerprint density at radius 3 is 2.24 bits per heavy atom. The zero-order chi connectivity index (χ0) is 20.1. The number of aromatic hydroxyl groups is 1. The van der Waals surface area contributed by atoms with Crippen LogP contribution in [0.5, 0.6) is 5.75 Å². The van der Waals surface area contributed by atoms with Gasteiger partial charge in [-0.2, -0.15) is 10.2 Å². The summed E-state index contributed by atoms with van der Waals surface area (Å²) in [6.07, 6.45) is 1.47. The van der Waals surface area contributed by atoms with Crippen molar-refractivity contribution in [2.75, 3.05) is 4.72 Å². The van der Waals surface area contributed by atoms with Gasteiger partial charge in [0.15, 0.2) is 0 Å². The van der Waals surface area contributed by atoms with Crippen molar-refractivity contribution < 1.29 is 23.4 Å². The number of hydrogen-bond acceptors (Lipinski definition) is 7. The van der Waals surface area contributed by atoms with Gasteiger partial charge in [-0.05, 0) is 54.6 Å². The van der Waals surface area contributed by atoms with Gasteiger partial charge in [0.25, 0.3) is 10.0 Å². The van der Waals surface area contributed by atoms with Crippen LogP contribution in [0.4, 0.5) is 17.2 Å². The molecule has 0 spiro atoms. The van der Waals surface area contributed by atoms with Gasteiger partial charge in [-0.15, -0.1) is 12.4 Å². The summed E-state index contributed by atoms with van der Waals surface area (Å²) in [5.41, 5.74) is 0.295. The lowest BCUT2D eigenvalue weighted by Gasteiger charge is -2.07. The summed E-state index contributed by atoms with van der Waals surface area (Å²) in [5.74, 6) is -1.46. The maximum Gasteiger partial charge on any atom is 0.339 e. The molecule has 0 bridgehead atoms. The summed E-state index contributed by atoms with van der Waals surface area (Å²) in [7, 11) is -3.79. The number of aromatic carboxylic acids is 1. The Morgan fingerprint density at radius 2 is 1.62 bits per heavy atom. The summed E-state index contributed by atoms with van der Waals surface area (Å²) in [6, 6.07) is 14.3. The van der Waals surface area contributed by atoms with E-state index in [9.17, 15) is 18.3 Å². The number of halogens is 1. The first kappa shape index (κ1) is 21.8. The molecule has 150 valence electrons. The fourth-order valence-corrected chi connectivity index (χ4v) is 3.19. The van der Waals surface area contributed by atoms with Gasteiger partial charge < -0.3 is 10.2 Å². The SMILES string of the molecule is Cl.O=C(O)c1cc(N=Nc2ccc(S(=O)(=O)Nc3ccccn3)cc2)ccc1O. The molecule has 2 aromatic carbocycles. The van der Waals surface area contributed by atoms with Crippen LogP contribution in [-0.2, 0) is 10.0 Å². The van der Waals surface area contributed by atoms with Crippen LogP contribution in [0.2, 0.25) is 0 Å². The summed E-state index contributed by atoms with van der Waals surface area (Å²) < 4.78 is 27.0. The van der Waals surface area contributed by atoms with Gasteiger partial charge in [0, 0.05) is 6.20 Å². The summed E-state index contributed by atoms with van der Waals surface area (Å²) in [4.78, 5) is 14.9. The Hall–Kier alpha value is -3.50. The Labute approximate surface area is 172 Å². The Morgan fingerprint density at radius 1 is 0.966 bits per heavy atom. The van der Waals surface area contributed by atoms with E-state index in [0.717, 1.165) is 0 Å². The summed E-state index contributed by atoms with van der Waals surface area (Å²) in [5, 5.41) is 26.3. The average molecular weight is 435 g/mol. The van der Waals surface area contributed by atoms with Gasteiger partial charge in [0.2, 0.25) is 0 Å². The molecule has 0 aliphatic rings. The van der Waals surface area contributed by atoms with Crippen LogP contribution in [0.15, 0.2) is 82.0 Å². The van der Waals surface area contributed by atoms with Gasteiger partial charge in [0.1, 0.15) is 17.1 Å². The van der Waals surface area contributed by atoms with Crippen molar-refractivity contribution in [3.05, 3.63) is 72.4 Å². The van der Waals surface area contributed by atoms with E-state index < -0.39 is 16.0 Å². The topological polar surface area (TPSA) is 141 Å². The number of aromatic nitrogens is 1. The van der Waals surface area contributed by atoms with Crippen molar-refractivity contribution >= 4 is 45.6 Å². The Bertz CT molecular complexity index is 1140. The lowest BCUT2D eigenvalue weighted by atomic mass is 10.2. The van der Waals surface area contributed by atoms with E-state index in [1.54, 1.807) is 12.1 Å². The molecule has 3 N–H and O–H groups in total. The number of carboxylic acid groups (broad SMARTS) is 1. The third kappa shape index (κ3) is 5.50. The van der Waals surface area contributed by atoms with Crippen molar-refractivity contribution in [2.45, 2.75) is 4.90 Å². The minimum atomic E-state index is -3.79. The molecule has 0 amide bonds. The van der Waals surface area contributed by atoms with Crippen LogP contribution in [0.25, 0.3) is 0 Å². The molecule has 1 heterocycles. The number of sulfonamides is 1. The van der Waals surface area contributed by atoms with Crippen LogP contribution < -0.4 is 4.72 Å². The smallest absolute Gasteiger partial charge is 0.339 e. The Kier molecular flexibility index (Phi) is 6.86. The van der Waals surface area contributed by atoms with Gasteiger partial charge in [-0.25, -0.2) is 18.2 Å². The lowest BCUT2D eigenvalue weighted by Crippen LogP contribution is -2.13. The molecule has 11 heteroatoms. The van der Waals surface area contributed by atoms with E-state index in [-0.39, 0.29) is 40.1 Å². The minimum Gasteiger partial charge on any atom is -0.507 e. The van der Waals surface area contributed by atoms with E-state index >= 15 is 0 Å². The van der Waals surface area contributed by atoms with E-state index in [1.807, 2.05) is 0 Å². The number of carbonyl (C=O) groups is 1. The van der Waals surface area contributed by atoms with Crippen LogP contribution in [0, 0.1) is 0 Å². The standard InChI is InChI=1S/C18H14N4O5S.ClH/c23-16-9-6-13(11-15(16)18(24)25)21-20-12-4-7-14(8-5-12)28(26,27)22-17-3-1-2-10-19-17;/h1-11,23H,(H,19,22)(H,24,25);1H. The van der Waals surface area contributed by atoms with Gasteiger partial charge >= 0.3 is 5.97 Å². The van der Waals surface area contributed by atoms with E-state index in [4.69, 9.17) is 5.11 Å².